The van der Waals surface area contributed by atoms with Crippen molar-refractivity contribution in [2.75, 3.05) is 7.05 Å². The van der Waals surface area contributed by atoms with E-state index in [-0.39, 0.29) is 11.1 Å². The number of fused-ring (bicyclic) bond motifs is 1. The molecule has 6 heteroatoms. The van der Waals surface area contributed by atoms with Crippen molar-refractivity contribution < 1.29 is 4.79 Å². The van der Waals surface area contributed by atoms with Gasteiger partial charge in [0.1, 0.15) is 5.56 Å². The first-order chi connectivity index (χ1) is 7.15. The molecule has 78 valence electrons. The van der Waals surface area contributed by atoms with Gasteiger partial charge in [0.25, 0.3) is 11.5 Å². The van der Waals surface area contributed by atoms with Gasteiger partial charge in [-0.1, -0.05) is 0 Å². The minimum atomic E-state index is -0.410. The quantitative estimate of drug-likeness (QED) is 0.762. The van der Waals surface area contributed by atoms with E-state index in [0.29, 0.717) is 4.96 Å². The normalized spacial score (nSPS) is 10.5. The molecule has 0 aliphatic rings. The van der Waals surface area contributed by atoms with E-state index in [1.807, 2.05) is 5.38 Å². The van der Waals surface area contributed by atoms with Crippen LogP contribution in [0.15, 0.2) is 16.4 Å². The largest absolute Gasteiger partial charge is 0.355 e. The monoisotopic (exact) mass is 223 g/mol. The SMILES string of the molecule is CNC(=O)c1cnc2scc(C)n2c1=O. The molecular formula is C9H9N3O2S. The molecule has 2 rings (SSSR count). The van der Waals surface area contributed by atoms with Crippen LogP contribution in [0.25, 0.3) is 4.96 Å². The number of carbonyl (C=O) groups excluding carboxylic acids is 1. The first-order valence-electron chi connectivity index (χ1n) is 4.33. The number of nitrogens with one attached hydrogen (secondary N) is 1. The van der Waals surface area contributed by atoms with Crippen LogP contribution in [0, 0.1) is 6.92 Å². The van der Waals surface area contributed by atoms with Crippen molar-refractivity contribution in [2.24, 2.45) is 0 Å². The number of hydrogen-bond donors (Lipinski definition) is 1. The Labute approximate surface area is 89.4 Å². The van der Waals surface area contributed by atoms with Gasteiger partial charge in [-0.25, -0.2) is 4.98 Å². The lowest BCUT2D eigenvalue weighted by Gasteiger charge is -1.99. The summed E-state index contributed by atoms with van der Waals surface area (Å²) in [6, 6.07) is 0. The Bertz CT molecular complexity index is 585. The smallest absolute Gasteiger partial charge is 0.271 e. The van der Waals surface area contributed by atoms with Crippen molar-refractivity contribution in [2.45, 2.75) is 6.92 Å². The summed E-state index contributed by atoms with van der Waals surface area (Å²) in [5, 5.41) is 4.24. The lowest BCUT2D eigenvalue weighted by molar-refractivity contribution is 0.0961. The molecule has 0 bridgehead atoms. The summed E-state index contributed by atoms with van der Waals surface area (Å²) >= 11 is 1.38. The second-order valence-corrected chi connectivity index (χ2v) is 3.89. The van der Waals surface area contributed by atoms with Gasteiger partial charge in [-0.2, -0.15) is 0 Å². The third-order valence-corrected chi connectivity index (χ3v) is 3.05. The molecule has 0 aromatic carbocycles. The van der Waals surface area contributed by atoms with Crippen molar-refractivity contribution in [3.05, 3.63) is 33.2 Å². The number of thiazole rings is 1. The Hall–Kier alpha value is -1.69. The second kappa shape index (κ2) is 3.47. The molecule has 1 amide bonds. The van der Waals surface area contributed by atoms with E-state index in [0.717, 1.165) is 5.69 Å². The summed E-state index contributed by atoms with van der Waals surface area (Å²) in [5.41, 5.74) is 0.535. The molecule has 15 heavy (non-hydrogen) atoms. The van der Waals surface area contributed by atoms with Gasteiger partial charge in [-0.05, 0) is 6.92 Å². The fourth-order valence-electron chi connectivity index (χ4n) is 1.32. The minimum Gasteiger partial charge on any atom is -0.355 e. The van der Waals surface area contributed by atoms with E-state index in [4.69, 9.17) is 0 Å². The molecule has 0 saturated carbocycles. The van der Waals surface area contributed by atoms with Crippen LogP contribution in [-0.4, -0.2) is 22.3 Å². The number of nitrogens with zero attached hydrogens (tertiary/aromatic N) is 2. The van der Waals surface area contributed by atoms with Crippen LogP contribution < -0.4 is 10.9 Å². The average Bonchev–Trinajstić information content (AvgIpc) is 2.61. The summed E-state index contributed by atoms with van der Waals surface area (Å²) < 4.78 is 1.44. The van der Waals surface area contributed by atoms with Gasteiger partial charge < -0.3 is 5.32 Å². The predicted molar refractivity (Wildman–Crippen MR) is 57.5 cm³/mol. The van der Waals surface area contributed by atoms with E-state index in [1.165, 1.54) is 29.0 Å². The summed E-state index contributed by atoms with van der Waals surface area (Å²) in [5.74, 6) is -0.410. The predicted octanol–water partition coefficient (Wildman–Crippen LogP) is 0.424. The van der Waals surface area contributed by atoms with Crippen LogP contribution in [0.1, 0.15) is 16.1 Å². The van der Waals surface area contributed by atoms with E-state index in [1.54, 1.807) is 6.92 Å². The summed E-state index contributed by atoms with van der Waals surface area (Å²) in [6.07, 6.45) is 1.31. The molecule has 0 aliphatic heterocycles. The zero-order valence-electron chi connectivity index (χ0n) is 8.27. The molecule has 0 spiro atoms. The molecule has 0 radical (unpaired) electrons. The Morgan fingerprint density at radius 1 is 1.60 bits per heavy atom. The van der Waals surface area contributed by atoms with Gasteiger partial charge >= 0.3 is 0 Å². The number of rotatable bonds is 1. The van der Waals surface area contributed by atoms with Crippen molar-refractivity contribution in [3.8, 4) is 0 Å². The first-order valence-corrected chi connectivity index (χ1v) is 5.21. The third kappa shape index (κ3) is 1.42. The number of amides is 1. The lowest BCUT2D eigenvalue weighted by Crippen LogP contribution is -2.29. The molecule has 5 nitrogen and oxygen atoms in total. The lowest BCUT2D eigenvalue weighted by atomic mass is 10.3. The Morgan fingerprint density at radius 3 is 3.00 bits per heavy atom. The molecule has 0 aliphatic carbocycles. The van der Waals surface area contributed by atoms with E-state index in [2.05, 4.69) is 10.3 Å². The van der Waals surface area contributed by atoms with Crippen molar-refractivity contribution in [3.63, 3.8) is 0 Å². The zero-order chi connectivity index (χ0) is 11.0. The maximum atomic E-state index is 11.9. The Kier molecular flexibility index (Phi) is 2.28. The number of aryl methyl sites for hydroxylation is 1. The first kappa shape index (κ1) is 9.85. The van der Waals surface area contributed by atoms with E-state index in [9.17, 15) is 9.59 Å². The summed E-state index contributed by atoms with van der Waals surface area (Å²) in [4.78, 5) is 27.9. The highest BCUT2D eigenvalue weighted by molar-refractivity contribution is 7.15. The van der Waals surface area contributed by atoms with Gasteiger partial charge in [-0.15, -0.1) is 11.3 Å². The highest BCUT2D eigenvalue weighted by atomic mass is 32.1. The maximum absolute atomic E-state index is 11.9. The van der Waals surface area contributed by atoms with Gasteiger partial charge in [0.05, 0.1) is 0 Å². The van der Waals surface area contributed by atoms with Crippen molar-refractivity contribution in [1.82, 2.24) is 14.7 Å². The number of hydrogen-bond acceptors (Lipinski definition) is 4. The highest BCUT2D eigenvalue weighted by Crippen LogP contribution is 2.10. The summed E-state index contributed by atoms with van der Waals surface area (Å²) in [6.45, 7) is 1.81. The van der Waals surface area contributed by atoms with Crippen LogP contribution in [0.4, 0.5) is 0 Å². The van der Waals surface area contributed by atoms with Crippen molar-refractivity contribution in [1.29, 1.82) is 0 Å². The van der Waals surface area contributed by atoms with Crippen LogP contribution in [0.2, 0.25) is 0 Å². The topological polar surface area (TPSA) is 63.5 Å². The molecule has 1 N–H and O–H groups in total. The van der Waals surface area contributed by atoms with Crippen LogP contribution >= 0.6 is 11.3 Å². The Morgan fingerprint density at radius 2 is 2.33 bits per heavy atom. The van der Waals surface area contributed by atoms with Gasteiger partial charge in [0.2, 0.25) is 0 Å². The fourth-order valence-corrected chi connectivity index (χ4v) is 2.14. The average molecular weight is 223 g/mol. The summed E-state index contributed by atoms with van der Waals surface area (Å²) in [7, 11) is 1.48. The molecule has 2 heterocycles. The van der Waals surface area contributed by atoms with Crippen LogP contribution in [-0.2, 0) is 0 Å². The van der Waals surface area contributed by atoms with Gasteiger partial charge in [0, 0.05) is 24.3 Å². The van der Waals surface area contributed by atoms with Gasteiger partial charge in [0.15, 0.2) is 4.96 Å². The second-order valence-electron chi connectivity index (χ2n) is 3.05. The van der Waals surface area contributed by atoms with E-state index >= 15 is 0 Å². The third-order valence-electron chi connectivity index (χ3n) is 2.09. The molecular weight excluding hydrogens is 214 g/mol. The fraction of sp³-hybridized carbons (Fsp3) is 0.222. The molecule has 2 aromatic heterocycles. The molecule has 0 fully saturated rings. The molecule has 2 aromatic rings. The molecule has 0 saturated heterocycles. The molecule has 0 unspecified atom stereocenters. The highest BCUT2D eigenvalue weighted by Gasteiger charge is 2.13. The minimum absolute atomic E-state index is 0.0662. The standard InChI is InChI=1S/C9H9N3O2S/c1-5-4-15-9-11-3-6(7(13)10-2)8(14)12(5)9/h3-4H,1-2H3,(H,10,13). The molecule has 0 atom stereocenters. The Balaban J connectivity index is 2.80. The van der Waals surface area contributed by atoms with Crippen LogP contribution in [0.3, 0.4) is 0 Å². The number of aromatic nitrogens is 2. The maximum Gasteiger partial charge on any atom is 0.271 e. The van der Waals surface area contributed by atoms with Crippen molar-refractivity contribution >= 4 is 22.2 Å². The van der Waals surface area contributed by atoms with Gasteiger partial charge in [-0.3, -0.25) is 14.0 Å². The van der Waals surface area contributed by atoms with E-state index < -0.39 is 5.91 Å². The zero-order valence-corrected chi connectivity index (χ0v) is 9.09. The number of carbonyl (C=O) groups is 1. The van der Waals surface area contributed by atoms with Crippen LogP contribution in [0.5, 0.6) is 0 Å².